The van der Waals surface area contributed by atoms with Gasteiger partial charge in [0, 0.05) is 22.3 Å². The summed E-state index contributed by atoms with van der Waals surface area (Å²) in [5, 5.41) is 11.3. The van der Waals surface area contributed by atoms with Crippen molar-refractivity contribution >= 4 is 51.4 Å². The number of aromatic nitrogens is 1. The van der Waals surface area contributed by atoms with E-state index in [9.17, 15) is 9.90 Å². The summed E-state index contributed by atoms with van der Waals surface area (Å²) in [5.74, 6) is -0.0186. The number of ether oxygens (including phenoxy) is 2. The molecule has 0 bridgehead atoms. The molecule has 29 heavy (non-hydrogen) atoms. The first-order valence-corrected chi connectivity index (χ1v) is 12.1. The van der Waals surface area contributed by atoms with Gasteiger partial charge in [0.2, 0.25) is 0 Å². The third-order valence-corrected chi connectivity index (χ3v) is 6.89. The van der Waals surface area contributed by atoms with Crippen molar-refractivity contribution in [2.75, 3.05) is 18.1 Å². The number of methoxy groups -OCH3 is 1. The van der Waals surface area contributed by atoms with Gasteiger partial charge in [0.25, 0.3) is 5.91 Å². The molecule has 0 spiro atoms. The minimum absolute atomic E-state index is 0.0849. The summed E-state index contributed by atoms with van der Waals surface area (Å²) in [4.78, 5) is 18.6. The van der Waals surface area contributed by atoms with E-state index in [1.807, 2.05) is 10.8 Å². The minimum Gasteiger partial charge on any atom is -0.496 e. The van der Waals surface area contributed by atoms with Crippen molar-refractivity contribution in [3.8, 4) is 5.75 Å². The molecule has 2 atom stereocenters. The molecule has 0 saturated carbocycles. The Morgan fingerprint density at radius 1 is 1.55 bits per heavy atom. The fraction of sp³-hybridized carbons (Fsp3) is 0.500. The lowest BCUT2D eigenvalue weighted by atomic mass is 10.0. The van der Waals surface area contributed by atoms with Crippen molar-refractivity contribution in [3.63, 3.8) is 0 Å². The zero-order valence-corrected chi connectivity index (χ0v) is 20.1. The van der Waals surface area contributed by atoms with Crippen molar-refractivity contribution < 1.29 is 19.4 Å². The van der Waals surface area contributed by atoms with Crippen LogP contribution in [0, 0.1) is 0 Å². The molecule has 1 aliphatic heterocycles. The Hall–Kier alpha value is -0.940. The average molecular weight is 551 g/mol. The molecule has 0 aliphatic carbocycles. The molecule has 1 aromatic carbocycles. The van der Waals surface area contributed by atoms with Crippen LogP contribution >= 0.6 is 45.5 Å². The third kappa shape index (κ3) is 5.61. The first-order valence-electron chi connectivity index (χ1n) is 9.37. The summed E-state index contributed by atoms with van der Waals surface area (Å²) in [6.45, 7) is 3.13. The molecule has 1 aromatic heterocycles. The van der Waals surface area contributed by atoms with Crippen LogP contribution in [0.4, 0.5) is 0 Å². The topological polar surface area (TPSA) is 73.0 Å². The van der Waals surface area contributed by atoms with E-state index in [0.29, 0.717) is 34.1 Å². The molecule has 2 aromatic rings. The Bertz CT molecular complexity index is 935. The number of hydrogen-bond donors (Lipinski definition) is 1. The summed E-state index contributed by atoms with van der Waals surface area (Å²) in [6.07, 6.45) is 4.59. The van der Waals surface area contributed by atoms with Crippen LogP contribution in [0.15, 0.2) is 29.4 Å². The van der Waals surface area contributed by atoms with Gasteiger partial charge < -0.3 is 19.1 Å². The quantitative estimate of drug-likeness (QED) is 0.415. The Kier molecular flexibility index (Phi) is 7.77. The number of carbonyl (C=O) groups excluding carboxylic acids is 1. The lowest BCUT2D eigenvalue weighted by molar-refractivity contribution is 0.0580. The predicted octanol–water partition coefficient (Wildman–Crippen LogP) is 4.16. The van der Waals surface area contributed by atoms with Crippen molar-refractivity contribution in [1.82, 2.24) is 4.57 Å². The summed E-state index contributed by atoms with van der Waals surface area (Å²) in [6, 6.07) is 4.87. The first kappa shape index (κ1) is 22.7. The lowest BCUT2D eigenvalue weighted by Crippen LogP contribution is -2.23. The molecule has 1 aliphatic rings. The van der Waals surface area contributed by atoms with Gasteiger partial charge in [-0.1, -0.05) is 45.5 Å². The monoisotopic (exact) mass is 550 g/mol. The second-order valence-electron chi connectivity index (χ2n) is 7.14. The van der Waals surface area contributed by atoms with Crippen molar-refractivity contribution in [3.05, 3.63) is 44.7 Å². The standard InChI is InChI=1S/C20H24ClIN2O4S/c1-20(26,7-8-22)17-12-24(11-14-4-3-9-28-14)19(29-17)23-18(25)15-10-13(21)5-6-16(15)27-2/h5-6,10,12,14,26H,3-4,7-9,11H2,1-2H3/b23-19-/t14-,20?/m1/s1. The van der Waals surface area contributed by atoms with Crippen molar-refractivity contribution in [2.24, 2.45) is 4.99 Å². The maximum atomic E-state index is 12.9. The molecule has 1 unspecified atom stereocenters. The predicted molar refractivity (Wildman–Crippen MR) is 122 cm³/mol. The number of aliphatic hydroxyl groups is 1. The normalized spacial score (nSPS) is 19.3. The molecule has 9 heteroatoms. The van der Waals surface area contributed by atoms with Gasteiger partial charge in [0.05, 0.1) is 35.8 Å². The van der Waals surface area contributed by atoms with E-state index in [1.165, 1.54) is 18.4 Å². The van der Waals surface area contributed by atoms with E-state index in [1.54, 1.807) is 25.1 Å². The molecule has 1 amide bonds. The Balaban J connectivity index is 2.02. The second kappa shape index (κ2) is 9.91. The van der Waals surface area contributed by atoms with Gasteiger partial charge in [-0.3, -0.25) is 4.79 Å². The van der Waals surface area contributed by atoms with Crippen LogP contribution in [-0.2, 0) is 16.9 Å². The van der Waals surface area contributed by atoms with Gasteiger partial charge in [-0.15, -0.1) is 0 Å². The van der Waals surface area contributed by atoms with Gasteiger partial charge >= 0.3 is 0 Å². The Morgan fingerprint density at radius 3 is 3.00 bits per heavy atom. The van der Waals surface area contributed by atoms with Crippen LogP contribution in [0.3, 0.4) is 0 Å². The molecule has 0 radical (unpaired) electrons. The zero-order valence-electron chi connectivity index (χ0n) is 16.4. The number of amides is 1. The lowest BCUT2D eigenvalue weighted by Gasteiger charge is -2.19. The minimum atomic E-state index is -0.977. The van der Waals surface area contributed by atoms with E-state index in [2.05, 4.69) is 27.6 Å². The Labute approximate surface area is 192 Å². The number of alkyl halides is 1. The fourth-order valence-corrected chi connectivity index (χ4v) is 5.45. The number of benzene rings is 1. The van der Waals surface area contributed by atoms with Crippen LogP contribution in [0.5, 0.6) is 5.75 Å². The van der Waals surface area contributed by atoms with E-state index in [-0.39, 0.29) is 6.10 Å². The molecule has 158 valence electrons. The van der Waals surface area contributed by atoms with Crippen molar-refractivity contribution in [2.45, 2.75) is 44.4 Å². The molecular weight excluding hydrogens is 527 g/mol. The van der Waals surface area contributed by atoms with Gasteiger partial charge in [-0.25, -0.2) is 0 Å². The number of carbonyl (C=O) groups is 1. The van der Waals surface area contributed by atoms with Gasteiger partial charge in [-0.2, -0.15) is 4.99 Å². The number of halogens is 2. The maximum Gasteiger partial charge on any atom is 0.283 e. The van der Waals surface area contributed by atoms with Gasteiger partial charge in [-0.05, 0) is 44.4 Å². The van der Waals surface area contributed by atoms with Crippen molar-refractivity contribution in [1.29, 1.82) is 0 Å². The van der Waals surface area contributed by atoms with Crippen LogP contribution in [0.25, 0.3) is 0 Å². The largest absolute Gasteiger partial charge is 0.496 e. The molecule has 1 fully saturated rings. The zero-order chi connectivity index (χ0) is 21.0. The molecule has 6 nitrogen and oxygen atoms in total. The molecule has 2 heterocycles. The Morgan fingerprint density at radius 2 is 2.34 bits per heavy atom. The number of rotatable bonds is 7. The summed E-state index contributed by atoms with van der Waals surface area (Å²) in [7, 11) is 1.50. The van der Waals surface area contributed by atoms with Crippen LogP contribution in [0.1, 0.15) is 41.4 Å². The van der Waals surface area contributed by atoms with Gasteiger partial charge in [0.1, 0.15) is 5.75 Å². The summed E-state index contributed by atoms with van der Waals surface area (Å²) >= 11 is 9.63. The highest BCUT2D eigenvalue weighted by molar-refractivity contribution is 14.1. The van der Waals surface area contributed by atoms with E-state index >= 15 is 0 Å². The average Bonchev–Trinajstić information content (AvgIpc) is 3.33. The summed E-state index contributed by atoms with van der Waals surface area (Å²) < 4.78 is 13.8. The highest BCUT2D eigenvalue weighted by Crippen LogP contribution is 2.28. The number of thiazole rings is 1. The van der Waals surface area contributed by atoms with Crippen LogP contribution in [0.2, 0.25) is 5.02 Å². The maximum absolute atomic E-state index is 12.9. The van der Waals surface area contributed by atoms with E-state index in [0.717, 1.165) is 28.8 Å². The van der Waals surface area contributed by atoms with E-state index < -0.39 is 11.5 Å². The smallest absolute Gasteiger partial charge is 0.283 e. The van der Waals surface area contributed by atoms with Gasteiger partial charge in [0.15, 0.2) is 4.80 Å². The van der Waals surface area contributed by atoms with Crippen LogP contribution in [-0.4, -0.2) is 39.8 Å². The van der Waals surface area contributed by atoms with Crippen LogP contribution < -0.4 is 9.54 Å². The number of hydrogen-bond acceptors (Lipinski definition) is 5. The third-order valence-electron chi connectivity index (χ3n) is 4.85. The highest BCUT2D eigenvalue weighted by atomic mass is 127. The van der Waals surface area contributed by atoms with E-state index in [4.69, 9.17) is 21.1 Å². The fourth-order valence-electron chi connectivity index (χ4n) is 3.16. The molecule has 1 saturated heterocycles. The molecule has 3 rings (SSSR count). The first-order chi connectivity index (χ1) is 13.8. The molecule has 1 N–H and O–H groups in total. The number of nitrogens with zero attached hydrogens (tertiary/aromatic N) is 2. The summed E-state index contributed by atoms with van der Waals surface area (Å²) in [5.41, 5.74) is -0.674. The SMILES string of the molecule is COc1ccc(Cl)cc1C(=O)/N=c1\sc(C(C)(O)CCI)cn1C[C@H]1CCCO1. The second-order valence-corrected chi connectivity index (χ2v) is 9.66. The highest BCUT2D eigenvalue weighted by Gasteiger charge is 2.27. The molecular formula is C20H24ClIN2O4S.